The van der Waals surface area contributed by atoms with E-state index in [1.54, 1.807) is 13.3 Å². The number of methoxy groups -OCH3 is 1. The summed E-state index contributed by atoms with van der Waals surface area (Å²) in [5.41, 5.74) is 6.57. The van der Waals surface area contributed by atoms with E-state index in [9.17, 15) is 0 Å². The highest BCUT2D eigenvalue weighted by Gasteiger charge is 2.09. The predicted octanol–water partition coefficient (Wildman–Crippen LogP) is 0.770. The Labute approximate surface area is 72.6 Å². The third-order valence-corrected chi connectivity index (χ3v) is 1.76. The number of pyridine rings is 1. The van der Waals surface area contributed by atoms with Gasteiger partial charge in [-0.3, -0.25) is 4.98 Å². The van der Waals surface area contributed by atoms with Crippen molar-refractivity contribution in [3.05, 3.63) is 30.1 Å². The van der Waals surface area contributed by atoms with Crippen molar-refractivity contribution in [1.82, 2.24) is 4.98 Å². The molecule has 0 saturated carbocycles. The largest absolute Gasteiger partial charge is 0.384 e. The molecule has 1 aromatic rings. The minimum atomic E-state index is 0.219. The zero-order valence-corrected chi connectivity index (χ0v) is 7.23. The van der Waals surface area contributed by atoms with Crippen LogP contribution in [-0.2, 0) is 4.74 Å². The number of nitrogens with zero attached hydrogens (tertiary/aromatic N) is 1. The Kier molecular flexibility index (Phi) is 3.70. The molecule has 12 heavy (non-hydrogen) atoms. The van der Waals surface area contributed by atoms with Gasteiger partial charge >= 0.3 is 0 Å². The molecule has 0 aliphatic carbocycles. The first-order chi connectivity index (χ1) is 5.88. The zero-order chi connectivity index (χ0) is 8.81. The van der Waals surface area contributed by atoms with Crippen LogP contribution in [0.4, 0.5) is 0 Å². The summed E-state index contributed by atoms with van der Waals surface area (Å²) in [5, 5.41) is 0. The molecule has 0 aliphatic heterocycles. The molecule has 2 N–H and O–H groups in total. The number of nitrogens with two attached hydrogens (primary N) is 1. The van der Waals surface area contributed by atoms with Crippen molar-refractivity contribution in [2.45, 2.75) is 5.92 Å². The van der Waals surface area contributed by atoms with Gasteiger partial charge in [-0.15, -0.1) is 0 Å². The average molecular weight is 166 g/mol. The molecule has 3 heteroatoms. The molecule has 0 spiro atoms. The lowest BCUT2D eigenvalue weighted by Crippen LogP contribution is -2.18. The van der Waals surface area contributed by atoms with Crippen molar-refractivity contribution >= 4 is 0 Å². The summed E-state index contributed by atoms with van der Waals surface area (Å²) in [5.74, 6) is 0.219. The van der Waals surface area contributed by atoms with Gasteiger partial charge in [-0.2, -0.15) is 0 Å². The van der Waals surface area contributed by atoms with Crippen LogP contribution >= 0.6 is 0 Å². The van der Waals surface area contributed by atoms with Crippen LogP contribution in [-0.4, -0.2) is 25.2 Å². The van der Waals surface area contributed by atoms with E-state index in [1.807, 2.05) is 18.2 Å². The summed E-state index contributed by atoms with van der Waals surface area (Å²) >= 11 is 0. The number of hydrogen-bond acceptors (Lipinski definition) is 3. The van der Waals surface area contributed by atoms with Gasteiger partial charge < -0.3 is 10.5 Å². The molecular weight excluding hydrogens is 152 g/mol. The molecule has 0 saturated heterocycles. The normalized spacial score (nSPS) is 12.8. The monoisotopic (exact) mass is 166 g/mol. The SMILES string of the molecule is COC[C@@H](CN)c1ccccn1. The summed E-state index contributed by atoms with van der Waals surface area (Å²) in [4.78, 5) is 4.21. The smallest absolute Gasteiger partial charge is 0.0558 e. The number of hydrogen-bond donors (Lipinski definition) is 1. The maximum atomic E-state index is 5.57. The van der Waals surface area contributed by atoms with Crippen LogP contribution in [0.2, 0.25) is 0 Å². The quantitative estimate of drug-likeness (QED) is 0.718. The van der Waals surface area contributed by atoms with E-state index in [1.165, 1.54) is 0 Å². The van der Waals surface area contributed by atoms with Crippen molar-refractivity contribution < 1.29 is 4.74 Å². The van der Waals surface area contributed by atoms with Gasteiger partial charge in [-0.05, 0) is 12.1 Å². The summed E-state index contributed by atoms with van der Waals surface area (Å²) in [6.07, 6.45) is 1.77. The van der Waals surface area contributed by atoms with E-state index >= 15 is 0 Å². The van der Waals surface area contributed by atoms with E-state index < -0.39 is 0 Å². The molecule has 0 radical (unpaired) electrons. The zero-order valence-electron chi connectivity index (χ0n) is 7.23. The van der Waals surface area contributed by atoms with Gasteiger partial charge in [0, 0.05) is 31.5 Å². The Morgan fingerprint density at radius 1 is 1.58 bits per heavy atom. The van der Waals surface area contributed by atoms with E-state index in [0.29, 0.717) is 13.2 Å². The standard InChI is InChI=1S/C9H14N2O/c1-12-7-8(6-10)9-4-2-3-5-11-9/h2-5,8H,6-7,10H2,1H3/t8-/m1/s1. The van der Waals surface area contributed by atoms with Crippen LogP contribution in [0.1, 0.15) is 11.6 Å². The van der Waals surface area contributed by atoms with Crippen LogP contribution in [0.15, 0.2) is 24.4 Å². The Balaban J connectivity index is 2.66. The first kappa shape index (κ1) is 9.16. The molecule has 0 amide bonds. The molecular formula is C9H14N2O. The van der Waals surface area contributed by atoms with Gasteiger partial charge in [0.05, 0.1) is 6.61 Å². The summed E-state index contributed by atoms with van der Waals surface area (Å²) in [6.45, 7) is 1.21. The second kappa shape index (κ2) is 4.85. The molecule has 0 aliphatic rings. The Morgan fingerprint density at radius 2 is 2.42 bits per heavy atom. The molecule has 1 aromatic heterocycles. The highest BCUT2D eigenvalue weighted by molar-refractivity contribution is 5.09. The molecule has 1 atom stereocenters. The molecule has 0 fully saturated rings. The Morgan fingerprint density at radius 3 is 2.92 bits per heavy atom. The second-order valence-corrected chi connectivity index (χ2v) is 2.64. The van der Waals surface area contributed by atoms with Gasteiger partial charge in [0.2, 0.25) is 0 Å². The minimum Gasteiger partial charge on any atom is -0.384 e. The number of ether oxygens (including phenoxy) is 1. The number of rotatable bonds is 4. The minimum absolute atomic E-state index is 0.219. The third-order valence-electron chi connectivity index (χ3n) is 1.76. The maximum absolute atomic E-state index is 5.57. The van der Waals surface area contributed by atoms with Crippen LogP contribution < -0.4 is 5.73 Å². The molecule has 66 valence electrons. The summed E-state index contributed by atoms with van der Waals surface area (Å²) < 4.78 is 5.03. The van der Waals surface area contributed by atoms with Gasteiger partial charge in [0.15, 0.2) is 0 Å². The first-order valence-electron chi connectivity index (χ1n) is 3.98. The Hall–Kier alpha value is -0.930. The average Bonchev–Trinajstić information content (AvgIpc) is 2.15. The van der Waals surface area contributed by atoms with E-state index in [-0.39, 0.29) is 5.92 Å². The summed E-state index contributed by atoms with van der Waals surface area (Å²) in [6, 6.07) is 5.82. The van der Waals surface area contributed by atoms with Crippen molar-refractivity contribution in [1.29, 1.82) is 0 Å². The summed E-state index contributed by atoms with van der Waals surface area (Å²) in [7, 11) is 1.67. The van der Waals surface area contributed by atoms with Crippen LogP contribution in [0.25, 0.3) is 0 Å². The van der Waals surface area contributed by atoms with Crippen LogP contribution in [0.3, 0.4) is 0 Å². The molecule has 3 nitrogen and oxygen atoms in total. The topological polar surface area (TPSA) is 48.1 Å². The molecule has 0 unspecified atom stereocenters. The maximum Gasteiger partial charge on any atom is 0.0558 e. The number of aromatic nitrogens is 1. The van der Waals surface area contributed by atoms with E-state index in [4.69, 9.17) is 10.5 Å². The second-order valence-electron chi connectivity index (χ2n) is 2.64. The highest BCUT2D eigenvalue weighted by Crippen LogP contribution is 2.10. The van der Waals surface area contributed by atoms with Gasteiger partial charge in [-0.25, -0.2) is 0 Å². The van der Waals surface area contributed by atoms with E-state index in [2.05, 4.69) is 4.98 Å². The van der Waals surface area contributed by atoms with E-state index in [0.717, 1.165) is 5.69 Å². The third kappa shape index (κ3) is 2.29. The lowest BCUT2D eigenvalue weighted by molar-refractivity contribution is 0.180. The molecule has 1 rings (SSSR count). The van der Waals surface area contributed by atoms with Crippen LogP contribution in [0, 0.1) is 0 Å². The predicted molar refractivity (Wildman–Crippen MR) is 47.9 cm³/mol. The van der Waals surface area contributed by atoms with Gasteiger partial charge in [-0.1, -0.05) is 6.07 Å². The fraction of sp³-hybridized carbons (Fsp3) is 0.444. The molecule has 0 aromatic carbocycles. The fourth-order valence-electron chi connectivity index (χ4n) is 1.09. The highest BCUT2D eigenvalue weighted by atomic mass is 16.5. The molecule has 0 bridgehead atoms. The Bertz CT molecular complexity index is 213. The van der Waals surface area contributed by atoms with Crippen LogP contribution in [0.5, 0.6) is 0 Å². The van der Waals surface area contributed by atoms with Crippen molar-refractivity contribution in [2.24, 2.45) is 5.73 Å². The van der Waals surface area contributed by atoms with Crippen molar-refractivity contribution in [2.75, 3.05) is 20.3 Å². The lowest BCUT2D eigenvalue weighted by atomic mass is 10.1. The fourth-order valence-corrected chi connectivity index (χ4v) is 1.09. The molecule has 1 heterocycles. The van der Waals surface area contributed by atoms with Crippen molar-refractivity contribution in [3.8, 4) is 0 Å². The van der Waals surface area contributed by atoms with Crippen molar-refractivity contribution in [3.63, 3.8) is 0 Å². The van der Waals surface area contributed by atoms with Gasteiger partial charge in [0.25, 0.3) is 0 Å². The van der Waals surface area contributed by atoms with Gasteiger partial charge in [0.1, 0.15) is 0 Å². The lowest BCUT2D eigenvalue weighted by Gasteiger charge is -2.11. The first-order valence-corrected chi connectivity index (χ1v) is 3.98.